The molecule has 1 aromatic rings. The second kappa shape index (κ2) is 7.23. The second-order valence-corrected chi connectivity index (χ2v) is 3.55. The molecule has 0 bridgehead atoms. The number of rotatable bonds is 6. The number of amides is 2. The van der Waals surface area contributed by atoms with Crippen molar-refractivity contribution in [2.75, 3.05) is 6.61 Å². The van der Waals surface area contributed by atoms with E-state index in [1.807, 2.05) is 0 Å². The molecule has 1 aromatic heterocycles. The summed E-state index contributed by atoms with van der Waals surface area (Å²) in [6.07, 6.45) is 1.56. The van der Waals surface area contributed by atoms with Gasteiger partial charge >= 0.3 is 12.0 Å². The van der Waals surface area contributed by atoms with Gasteiger partial charge in [-0.3, -0.25) is 4.98 Å². The second-order valence-electron chi connectivity index (χ2n) is 3.55. The Labute approximate surface area is 104 Å². The van der Waals surface area contributed by atoms with E-state index in [-0.39, 0.29) is 19.6 Å². The van der Waals surface area contributed by atoms with Gasteiger partial charge in [0.1, 0.15) is 6.04 Å². The molecule has 1 heterocycles. The van der Waals surface area contributed by atoms with Crippen LogP contribution in [0.4, 0.5) is 4.79 Å². The first-order valence-electron chi connectivity index (χ1n) is 5.41. The molecule has 1 atom stereocenters. The average molecular weight is 253 g/mol. The fourth-order valence-corrected chi connectivity index (χ4v) is 1.27. The minimum Gasteiger partial charge on any atom is -0.480 e. The van der Waals surface area contributed by atoms with Gasteiger partial charge in [-0.05, 0) is 12.1 Å². The number of aliphatic hydroxyl groups is 1. The third-order valence-corrected chi connectivity index (χ3v) is 2.18. The Morgan fingerprint density at radius 3 is 2.72 bits per heavy atom. The van der Waals surface area contributed by atoms with Gasteiger partial charge in [-0.1, -0.05) is 6.07 Å². The molecule has 0 saturated heterocycles. The Bertz CT molecular complexity index is 397. The zero-order valence-electron chi connectivity index (χ0n) is 9.67. The molecule has 0 spiro atoms. The van der Waals surface area contributed by atoms with E-state index in [0.717, 1.165) is 0 Å². The molecule has 0 saturated carbocycles. The lowest BCUT2D eigenvalue weighted by atomic mass is 10.2. The summed E-state index contributed by atoms with van der Waals surface area (Å²) in [5, 5.41) is 22.2. The number of carbonyl (C=O) groups is 2. The summed E-state index contributed by atoms with van der Waals surface area (Å²) in [6, 6.07) is 3.57. The van der Waals surface area contributed by atoms with E-state index in [2.05, 4.69) is 15.6 Å². The molecular formula is C11H15N3O4. The minimum atomic E-state index is -1.18. The van der Waals surface area contributed by atoms with Crippen molar-refractivity contribution in [1.29, 1.82) is 0 Å². The largest absolute Gasteiger partial charge is 0.480 e. The average Bonchev–Trinajstić information content (AvgIpc) is 2.37. The first-order chi connectivity index (χ1) is 8.63. The molecular weight excluding hydrogens is 238 g/mol. The number of urea groups is 1. The maximum Gasteiger partial charge on any atom is 0.326 e. The lowest BCUT2D eigenvalue weighted by Gasteiger charge is -2.13. The molecule has 4 N–H and O–H groups in total. The first kappa shape index (κ1) is 13.9. The Morgan fingerprint density at radius 1 is 1.39 bits per heavy atom. The van der Waals surface area contributed by atoms with Crippen LogP contribution in [0.15, 0.2) is 24.4 Å². The van der Waals surface area contributed by atoms with E-state index in [0.29, 0.717) is 5.69 Å². The number of pyridine rings is 1. The van der Waals surface area contributed by atoms with Gasteiger partial charge in [-0.15, -0.1) is 0 Å². The Balaban J connectivity index is 2.39. The quantitative estimate of drug-likeness (QED) is 0.557. The molecule has 98 valence electrons. The van der Waals surface area contributed by atoms with E-state index in [1.165, 1.54) is 0 Å². The van der Waals surface area contributed by atoms with Crippen LogP contribution in [-0.2, 0) is 11.3 Å². The summed E-state index contributed by atoms with van der Waals surface area (Å²) in [6.45, 7) is -0.102. The molecule has 7 nitrogen and oxygen atoms in total. The van der Waals surface area contributed by atoms with Gasteiger partial charge < -0.3 is 20.8 Å². The number of aromatic nitrogens is 1. The third kappa shape index (κ3) is 4.79. The molecule has 0 aliphatic rings. The van der Waals surface area contributed by atoms with Crippen LogP contribution >= 0.6 is 0 Å². The highest BCUT2D eigenvalue weighted by atomic mass is 16.4. The van der Waals surface area contributed by atoms with Crippen LogP contribution in [0.3, 0.4) is 0 Å². The summed E-state index contributed by atoms with van der Waals surface area (Å²) in [4.78, 5) is 26.1. The molecule has 0 radical (unpaired) electrons. The number of aliphatic carboxylic acids is 1. The van der Waals surface area contributed by atoms with E-state index >= 15 is 0 Å². The number of hydrogen-bond acceptors (Lipinski definition) is 4. The molecule has 1 rings (SSSR count). The lowest BCUT2D eigenvalue weighted by molar-refractivity contribution is -0.139. The molecule has 18 heavy (non-hydrogen) atoms. The zero-order valence-corrected chi connectivity index (χ0v) is 9.67. The van der Waals surface area contributed by atoms with E-state index in [9.17, 15) is 9.59 Å². The van der Waals surface area contributed by atoms with Crippen LogP contribution in [0.5, 0.6) is 0 Å². The van der Waals surface area contributed by atoms with E-state index in [1.54, 1.807) is 24.4 Å². The Morgan fingerprint density at radius 2 is 2.17 bits per heavy atom. The molecule has 0 unspecified atom stereocenters. The van der Waals surface area contributed by atoms with Crippen molar-refractivity contribution in [3.05, 3.63) is 30.1 Å². The number of aliphatic hydroxyl groups excluding tert-OH is 1. The van der Waals surface area contributed by atoms with Crippen LogP contribution in [0.1, 0.15) is 12.1 Å². The fourth-order valence-electron chi connectivity index (χ4n) is 1.27. The molecule has 0 aromatic carbocycles. The summed E-state index contributed by atoms with van der Waals surface area (Å²) in [7, 11) is 0. The van der Waals surface area contributed by atoms with Gasteiger partial charge in [0.2, 0.25) is 0 Å². The summed E-state index contributed by atoms with van der Waals surface area (Å²) in [5.41, 5.74) is 0.668. The number of carboxylic acid groups (broad SMARTS) is 1. The van der Waals surface area contributed by atoms with Gasteiger partial charge in [0, 0.05) is 19.2 Å². The maximum atomic E-state index is 11.4. The van der Waals surface area contributed by atoms with Gasteiger partial charge in [-0.25, -0.2) is 9.59 Å². The van der Waals surface area contributed by atoms with E-state index in [4.69, 9.17) is 10.2 Å². The van der Waals surface area contributed by atoms with Crippen molar-refractivity contribution in [3.63, 3.8) is 0 Å². The number of nitrogens with one attached hydrogen (secondary N) is 2. The van der Waals surface area contributed by atoms with Crippen LogP contribution in [-0.4, -0.2) is 39.8 Å². The molecule has 0 aliphatic heterocycles. The molecule has 2 amide bonds. The standard InChI is InChI=1S/C11H15N3O4/c15-6-4-9(10(16)17)14-11(18)13-7-8-3-1-2-5-12-8/h1-3,5,9,15H,4,6-7H2,(H,16,17)(H2,13,14,18)/t9-/m1/s1. The fraction of sp³-hybridized carbons (Fsp3) is 0.364. The summed E-state index contributed by atoms with van der Waals surface area (Å²) in [5.74, 6) is -1.18. The predicted molar refractivity (Wildman–Crippen MR) is 62.7 cm³/mol. The van der Waals surface area contributed by atoms with Crippen LogP contribution in [0.2, 0.25) is 0 Å². The topological polar surface area (TPSA) is 112 Å². The van der Waals surface area contributed by atoms with Gasteiger partial charge in [0.05, 0.1) is 12.2 Å². The van der Waals surface area contributed by atoms with Crippen molar-refractivity contribution in [2.45, 2.75) is 19.0 Å². The minimum absolute atomic E-state index is 0.0354. The van der Waals surface area contributed by atoms with Crippen LogP contribution < -0.4 is 10.6 Å². The highest BCUT2D eigenvalue weighted by Crippen LogP contribution is 1.94. The number of carbonyl (C=O) groups excluding carboxylic acids is 1. The summed E-state index contributed by atoms with van der Waals surface area (Å²) < 4.78 is 0. The van der Waals surface area contributed by atoms with Gasteiger partial charge in [0.25, 0.3) is 0 Å². The van der Waals surface area contributed by atoms with Crippen LogP contribution in [0.25, 0.3) is 0 Å². The molecule has 0 fully saturated rings. The summed E-state index contributed by atoms with van der Waals surface area (Å²) >= 11 is 0. The van der Waals surface area contributed by atoms with Crippen molar-refractivity contribution in [2.24, 2.45) is 0 Å². The first-order valence-corrected chi connectivity index (χ1v) is 5.41. The molecule has 7 heteroatoms. The smallest absolute Gasteiger partial charge is 0.326 e. The van der Waals surface area contributed by atoms with Gasteiger partial charge in [-0.2, -0.15) is 0 Å². The van der Waals surface area contributed by atoms with E-state index < -0.39 is 18.0 Å². The SMILES string of the molecule is O=C(NCc1ccccn1)N[C@H](CCO)C(=O)O. The van der Waals surface area contributed by atoms with Gasteiger partial charge in [0.15, 0.2) is 0 Å². The Hall–Kier alpha value is -2.15. The number of hydrogen-bond donors (Lipinski definition) is 4. The normalized spacial score (nSPS) is 11.6. The Kier molecular flexibility index (Phi) is 5.59. The van der Waals surface area contributed by atoms with Crippen LogP contribution in [0, 0.1) is 0 Å². The van der Waals surface area contributed by atoms with Crippen molar-refractivity contribution >= 4 is 12.0 Å². The van der Waals surface area contributed by atoms with Crippen molar-refractivity contribution in [3.8, 4) is 0 Å². The van der Waals surface area contributed by atoms with Crippen molar-refractivity contribution < 1.29 is 19.8 Å². The maximum absolute atomic E-state index is 11.4. The third-order valence-electron chi connectivity index (χ3n) is 2.18. The number of carboxylic acids is 1. The highest BCUT2D eigenvalue weighted by molar-refractivity contribution is 5.82. The predicted octanol–water partition coefficient (Wildman–Crippen LogP) is -0.284. The monoisotopic (exact) mass is 253 g/mol. The zero-order chi connectivity index (χ0) is 13.4. The highest BCUT2D eigenvalue weighted by Gasteiger charge is 2.18. The number of nitrogens with zero attached hydrogens (tertiary/aromatic N) is 1. The van der Waals surface area contributed by atoms with Crippen molar-refractivity contribution in [1.82, 2.24) is 15.6 Å². The lowest BCUT2D eigenvalue weighted by Crippen LogP contribution is -2.46. The molecule has 0 aliphatic carbocycles.